The van der Waals surface area contributed by atoms with Crippen molar-refractivity contribution >= 4 is 11.0 Å². The van der Waals surface area contributed by atoms with Crippen molar-refractivity contribution in [2.75, 3.05) is 6.54 Å². The Hall–Kier alpha value is -1.28. The number of para-hydroxylation sites is 1. The average Bonchev–Trinajstić information content (AvgIpc) is 2.86. The van der Waals surface area contributed by atoms with Crippen LogP contribution in [0.4, 0.5) is 0 Å². The second-order valence-corrected chi connectivity index (χ2v) is 5.15. The number of benzene rings is 1. The van der Waals surface area contributed by atoms with E-state index in [1.165, 1.54) is 43.1 Å². The van der Waals surface area contributed by atoms with E-state index in [0.717, 1.165) is 12.1 Å². The second kappa shape index (κ2) is 7.34. The molecule has 1 aromatic heterocycles. The Kier molecular flexibility index (Phi) is 5.46. The van der Waals surface area contributed by atoms with Gasteiger partial charge in [-0.1, -0.05) is 57.7 Å². The summed E-state index contributed by atoms with van der Waals surface area (Å²) in [5.74, 6) is 0. The van der Waals surface area contributed by atoms with Gasteiger partial charge in [0.1, 0.15) is 5.58 Å². The molecule has 0 bridgehead atoms. The molecule has 19 heavy (non-hydrogen) atoms. The summed E-state index contributed by atoms with van der Waals surface area (Å²) in [5, 5.41) is 4.85. The summed E-state index contributed by atoms with van der Waals surface area (Å²) in [5.41, 5.74) is 2.31. The molecule has 0 fully saturated rings. The number of hydrogen-bond acceptors (Lipinski definition) is 2. The summed E-state index contributed by atoms with van der Waals surface area (Å²) in [4.78, 5) is 0. The third kappa shape index (κ3) is 3.60. The van der Waals surface area contributed by atoms with E-state index in [0.29, 0.717) is 6.04 Å². The molecule has 1 heterocycles. The zero-order valence-corrected chi connectivity index (χ0v) is 12.1. The zero-order valence-electron chi connectivity index (χ0n) is 12.1. The predicted octanol–water partition coefficient (Wildman–Crippen LogP) is 5.05. The van der Waals surface area contributed by atoms with Gasteiger partial charge in [-0.05, 0) is 19.0 Å². The maximum atomic E-state index is 5.66. The minimum absolute atomic E-state index is 0.422. The van der Waals surface area contributed by atoms with E-state index < -0.39 is 0 Å². The van der Waals surface area contributed by atoms with Crippen LogP contribution in [-0.2, 0) is 0 Å². The smallest absolute Gasteiger partial charge is 0.134 e. The van der Waals surface area contributed by atoms with Gasteiger partial charge in [0.15, 0.2) is 0 Å². The molecule has 0 aliphatic heterocycles. The Balaban J connectivity index is 2.09. The monoisotopic (exact) mass is 259 g/mol. The van der Waals surface area contributed by atoms with Gasteiger partial charge in [0.2, 0.25) is 0 Å². The zero-order chi connectivity index (χ0) is 13.5. The molecule has 2 rings (SSSR count). The molecule has 1 atom stereocenters. The molecule has 1 N–H and O–H groups in total. The highest BCUT2D eigenvalue weighted by atomic mass is 16.3. The van der Waals surface area contributed by atoms with Gasteiger partial charge in [-0.15, -0.1) is 0 Å². The standard InChI is InChI=1S/C17H25NO/c1-3-5-6-7-11-16(18-4-2)15-13-19-17-12-9-8-10-14(15)17/h8-10,12-13,16,18H,3-7,11H2,1-2H3. The third-order valence-corrected chi connectivity index (χ3v) is 3.68. The van der Waals surface area contributed by atoms with Crippen molar-refractivity contribution in [2.45, 2.75) is 52.0 Å². The van der Waals surface area contributed by atoms with Crippen LogP contribution in [0.3, 0.4) is 0 Å². The molecule has 2 heteroatoms. The van der Waals surface area contributed by atoms with Crippen LogP contribution in [0.25, 0.3) is 11.0 Å². The van der Waals surface area contributed by atoms with Crippen molar-refractivity contribution in [1.29, 1.82) is 0 Å². The number of fused-ring (bicyclic) bond motifs is 1. The molecule has 0 amide bonds. The Morgan fingerprint density at radius 1 is 1.11 bits per heavy atom. The molecule has 0 spiro atoms. The minimum atomic E-state index is 0.422. The Morgan fingerprint density at radius 3 is 2.74 bits per heavy atom. The van der Waals surface area contributed by atoms with Crippen LogP contribution in [-0.4, -0.2) is 6.54 Å². The van der Waals surface area contributed by atoms with Crippen LogP contribution in [0.5, 0.6) is 0 Å². The largest absolute Gasteiger partial charge is 0.464 e. The van der Waals surface area contributed by atoms with E-state index in [9.17, 15) is 0 Å². The second-order valence-electron chi connectivity index (χ2n) is 5.15. The molecule has 2 aromatic rings. The van der Waals surface area contributed by atoms with Gasteiger partial charge >= 0.3 is 0 Å². The van der Waals surface area contributed by atoms with Crippen LogP contribution in [0, 0.1) is 0 Å². The van der Waals surface area contributed by atoms with Crippen LogP contribution < -0.4 is 5.32 Å². The molecule has 0 aliphatic carbocycles. The van der Waals surface area contributed by atoms with Crippen molar-refractivity contribution in [2.24, 2.45) is 0 Å². The van der Waals surface area contributed by atoms with Crippen LogP contribution in [0.15, 0.2) is 34.9 Å². The Bertz CT molecular complexity index is 489. The van der Waals surface area contributed by atoms with E-state index in [-0.39, 0.29) is 0 Å². The van der Waals surface area contributed by atoms with Gasteiger partial charge < -0.3 is 9.73 Å². The molecule has 0 saturated heterocycles. The number of nitrogens with one attached hydrogen (secondary N) is 1. The van der Waals surface area contributed by atoms with E-state index in [4.69, 9.17) is 4.42 Å². The summed E-state index contributed by atoms with van der Waals surface area (Å²) in [6.45, 7) is 5.42. The topological polar surface area (TPSA) is 25.2 Å². The number of unbranched alkanes of at least 4 members (excludes halogenated alkanes) is 3. The number of hydrogen-bond donors (Lipinski definition) is 1. The fourth-order valence-electron chi connectivity index (χ4n) is 2.66. The quantitative estimate of drug-likeness (QED) is 0.671. The molecule has 104 valence electrons. The lowest BCUT2D eigenvalue weighted by Crippen LogP contribution is -2.20. The van der Waals surface area contributed by atoms with Crippen molar-refractivity contribution in [3.8, 4) is 0 Å². The highest BCUT2D eigenvalue weighted by Gasteiger charge is 2.15. The lowest BCUT2D eigenvalue weighted by atomic mass is 9.99. The van der Waals surface area contributed by atoms with Gasteiger partial charge in [0.05, 0.1) is 6.26 Å². The summed E-state index contributed by atoms with van der Waals surface area (Å²) in [6.07, 6.45) is 8.36. The number of rotatable bonds is 8. The Morgan fingerprint density at radius 2 is 1.95 bits per heavy atom. The summed E-state index contributed by atoms with van der Waals surface area (Å²) in [6, 6.07) is 8.73. The van der Waals surface area contributed by atoms with Crippen LogP contribution >= 0.6 is 0 Å². The third-order valence-electron chi connectivity index (χ3n) is 3.68. The first-order chi connectivity index (χ1) is 9.36. The van der Waals surface area contributed by atoms with E-state index in [1.807, 2.05) is 18.4 Å². The normalized spacial score (nSPS) is 12.9. The summed E-state index contributed by atoms with van der Waals surface area (Å²) >= 11 is 0. The first-order valence-electron chi connectivity index (χ1n) is 7.56. The molecule has 2 nitrogen and oxygen atoms in total. The van der Waals surface area contributed by atoms with Crippen LogP contribution in [0.1, 0.15) is 57.6 Å². The van der Waals surface area contributed by atoms with Crippen molar-refractivity contribution in [3.63, 3.8) is 0 Å². The highest BCUT2D eigenvalue weighted by Crippen LogP contribution is 2.29. The molecule has 0 saturated carbocycles. The molecular weight excluding hydrogens is 234 g/mol. The van der Waals surface area contributed by atoms with E-state index >= 15 is 0 Å². The molecule has 0 aliphatic rings. The summed E-state index contributed by atoms with van der Waals surface area (Å²) < 4.78 is 5.66. The fraction of sp³-hybridized carbons (Fsp3) is 0.529. The lowest BCUT2D eigenvalue weighted by Gasteiger charge is -2.16. The van der Waals surface area contributed by atoms with Crippen molar-refractivity contribution in [1.82, 2.24) is 5.32 Å². The number of furan rings is 1. The minimum Gasteiger partial charge on any atom is -0.464 e. The summed E-state index contributed by atoms with van der Waals surface area (Å²) in [7, 11) is 0. The van der Waals surface area contributed by atoms with E-state index in [1.54, 1.807) is 0 Å². The Labute approximate surface area is 116 Å². The van der Waals surface area contributed by atoms with Gasteiger partial charge in [0.25, 0.3) is 0 Å². The van der Waals surface area contributed by atoms with Gasteiger partial charge in [-0.25, -0.2) is 0 Å². The van der Waals surface area contributed by atoms with Crippen molar-refractivity contribution in [3.05, 3.63) is 36.1 Å². The highest BCUT2D eigenvalue weighted by molar-refractivity contribution is 5.81. The first kappa shape index (κ1) is 14.1. The fourth-order valence-corrected chi connectivity index (χ4v) is 2.66. The first-order valence-corrected chi connectivity index (χ1v) is 7.56. The van der Waals surface area contributed by atoms with Crippen LogP contribution in [0.2, 0.25) is 0 Å². The molecule has 1 aromatic carbocycles. The maximum absolute atomic E-state index is 5.66. The average molecular weight is 259 g/mol. The predicted molar refractivity (Wildman–Crippen MR) is 81.4 cm³/mol. The lowest BCUT2D eigenvalue weighted by molar-refractivity contribution is 0.477. The van der Waals surface area contributed by atoms with Crippen molar-refractivity contribution < 1.29 is 4.42 Å². The SMILES string of the molecule is CCCCCCC(NCC)c1coc2ccccc12. The maximum Gasteiger partial charge on any atom is 0.134 e. The van der Waals surface area contributed by atoms with Gasteiger partial charge in [0, 0.05) is 17.0 Å². The van der Waals surface area contributed by atoms with Gasteiger partial charge in [-0.2, -0.15) is 0 Å². The molecular formula is C17H25NO. The van der Waals surface area contributed by atoms with Gasteiger partial charge in [-0.3, -0.25) is 0 Å². The molecule has 1 unspecified atom stereocenters. The molecule has 0 radical (unpaired) electrons. The van der Waals surface area contributed by atoms with E-state index in [2.05, 4.69) is 31.3 Å².